The zero-order chi connectivity index (χ0) is 12.6. The molecule has 0 fully saturated rings. The first-order valence-electron chi connectivity index (χ1n) is 5.24. The highest BCUT2D eigenvalue weighted by molar-refractivity contribution is 6.00. The van der Waals surface area contributed by atoms with E-state index in [2.05, 4.69) is 0 Å². The van der Waals surface area contributed by atoms with Gasteiger partial charge in [0.05, 0.1) is 6.42 Å². The van der Waals surface area contributed by atoms with Crippen LogP contribution in [0.25, 0.3) is 11.0 Å². The molecule has 0 aliphatic carbocycles. The fraction of sp³-hybridized carbons (Fsp3) is 0.231. The summed E-state index contributed by atoms with van der Waals surface area (Å²) in [5.41, 5.74) is 2.01. The van der Waals surface area contributed by atoms with Crippen LogP contribution in [0, 0.1) is 6.92 Å². The predicted molar refractivity (Wildman–Crippen MR) is 62.3 cm³/mol. The van der Waals surface area contributed by atoms with E-state index in [1.807, 2.05) is 19.1 Å². The Bertz CT molecular complexity index is 607. The highest BCUT2D eigenvalue weighted by Gasteiger charge is 2.19. The first kappa shape index (κ1) is 11.4. The Hall–Kier alpha value is -2.10. The molecule has 2 rings (SSSR count). The molecule has 0 bridgehead atoms. The molecule has 88 valence electrons. The Morgan fingerprint density at radius 3 is 2.65 bits per heavy atom. The normalized spacial score (nSPS) is 10.7. The topological polar surface area (TPSA) is 67.5 Å². The molecule has 0 amide bonds. The Morgan fingerprint density at radius 1 is 1.35 bits per heavy atom. The summed E-state index contributed by atoms with van der Waals surface area (Å²) in [7, 11) is 0. The van der Waals surface area contributed by atoms with Gasteiger partial charge in [-0.05, 0) is 19.1 Å². The molecule has 17 heavy (non-hydrogen) atoms. The van der Waals surface area contributed by atoms with Crippen LogP contribution in [0.4, 0.5) is 0 Å². The van der Waals surface area contributed by atoms with Gasteiger partial charge in [-0.2, -0.15) is 0 Å². The second-order valence-corrected chi connectivity index (χ2v) is 4.04. The first-order chi connectivity index (χ1) is 7.99. The van der Waals surface area contributed by atoms with E-state index >= 15 is 0 Å². The van der Waals surface area contributed by atoms with E-state index in [4.69, 9.17) is 9.52 Å². The summed E-state index contributed by atoms with van der Waals surface area (Å²) in [5, 5.41) is 9.57. The maximum atomic E-state index is 11.4. The number of carboxylic acid groups (broad SMARTS) is 1. The van der Waals surface area contributed by atoms with Crippen molar-refractivity contribution >= 4 is 22.7 Å². The van der Waals surface area contributed by atoms with Gasteiger partial charge < -0.3 is 9.52 Å². The molecule has 0 saturated heterocycles. The molecule has 1 heterocycles. The second kappa shape index (κ2) is 4.05. The number of fused-ring (bicyclic) bond motifs is 1. The number of ketones is 1. The molecular formula is C13H12O4. The van der Waals surface area contributed by atoms with Crippen LogP contribution in [-0.2, 0) is 11.2 Å². The highest BCUT2D eigenvalue weighted by atomic mass is 16.4. The number of Topliss-reactive ketones (excluding diaryl/α,β-unsaturated/α-hetero) is 1. The number of carboxylic acids is 1. The average Bonchev–Trinajstić information content (AvgIpc) is 2.56. The van der Waals surface area contributed by atoms with E-state index in [9.17, 15) is 9.59 Å². The van der Waals surface area contributed by atoms with E-state index in [1.165, 1.54) is 6.92 Å². The third kappa shape index (κ3) is 2.06. The van der Waals surface area contributed by atoms with E-state index in [-0.39, 0.29) is 18.0 Å². The Balaban J connectivity index is 2.72. The maximum absolute atomic E-state index is 11.4. The number of aryl methyl sites for hydroxylation is 1. The van der Waals surface area contributed by atoms with E-state index in [1.54, 1.807) is 6.07 Å². The summed E-state index contributed by atoms with van der Waals surface area (Å²) >= 11 is 0. The first-order valence-corrected chi connectivity index (χ1v) is 5.24. The van der Waals surface area contributed by atoms with E-state index in [0.717, 1.165) is 5.56 Å². The van der Waals surface area contributed by atoms with Gasteiger partial charge in [0.2, 0.25) is 0 Å². The van der Waals surface area contributed by atoms with Crippen LogP contribution in [0.2, 0.25) is 0 Å². The van der Waals surface area contributed by atoms with Crippen molar-refractivity contribution in [3.8, 4) is 0 Å². The molecule has 0 saturated carbocycles. The second-order valence-electron chi connectivity index (χ2n) is 4.04. The van der Waals surface area contributed by atoms with Crippen molar-refractivity contribution in [2.45, 2.75) is 20.3 Å². The third-order valence-corrected chi connectivity index (χ3v) is 2.59. The summed E-state index contributed by atoms with van der Waals surface area (Å²) in [6, 6.07) is 5.45. The minimum Gasteiger partial charge on any atom is -0.481 e. The van der Waals surface area contributed by atoms with Crippen LogP contribution in [0.3, 0.4) is 0 Å². The van der Waals surface area contributed by atoms with Crippen molar-refractivity contribution in [2.24, 2.45) is 0 Å². The highest BCUT2D eigenvalue weighted by Crippen LogP contribution is 2.27. The van der Waals surface area contributed by atoms with Gasteiger partial charge in [0.25, 0.3) is 0 Å². The Labute approximate surface area is 97.8 Å². The number of hydrogen-bond donors (Lipinski definition) is 1. The lowest BCUT2D eigenvalue weighted by atomic mass is 10.0. The molecule has 0 atom stereocenters. The Kier molecular flexibility index (Phi) is 2.71. The molecule has 4 heteroatoms. The summed E-state index contributed by atoms with van der Waals surface area (Å²) in [5.74, 6) is -1.08. The standard InChI is InChI=1S/C13H12O4/c1-7-3-4-11-9(5-7)10(6-12(15)16)13(17-11)8(2)14/h3-5H,6H2,1-2H3,(H,15,16). The largest absolute Gasteiger partial charge is 0.481 e. The van der Waals surface area contributed by atoms with Crippen LogP contribution < -0.4 is 0 Å². The minimum atomic E-state index is -0.975. The van der Waals surface area contributed by atoms with Crippen LogP contribution in [0.1, 0.15) is 28.6 Å². The number of furan rings is 1. The lowest BCUT2D eigenvalue weighted by molar-refractivity contribution is -0.136. The van der Waals surface area contributed by atoms with Crippen molar-refractivity contribution in [3.63, 3.8) is 0 Å². The maximum Gasteiger partial charge on any atom is 0.307 e. The Morgan fingerprint density at radius 2 is 2.06 bits per heavy atom. The van der Waals surface area contributed by atoms with Crippen LogP contribution in [0.5, 0.6) is 0 Å². The molecular weight excluding hydrogens is 220 g/mol. The summed E-state index contributed by atoms with van der Waals surface area (Å²) < 4.78 is 5.40. The van der Waals surface area contributed by atoms with Crippen LogP contribution in [-0.4, -0.2) is 16.9 Å². The summed E-state index contributed by atoms with van der Waals surface area (Å²) in [4.78, 5) is 22.2. The van der Waals surface area contributed by atoms with E-state index < -0.39 is 5.97 Å². The van der Waals surface area contributed by atoms with E-state index in [0.29, 0.717) is 16.5 Å². The lowest BCUT2D eigenvalue weighted by Gasteiger charge is -1.96. The number of benzene rings is 1. The monoisotopic (exact) mass is 232 g/mol. The fourth-order valence-corrected chi connectivity index (χ4v) is 1.87. The van der Waals surface area contributed by atoms with Gasteiger partial charge in [-0.3, -0.25) is 9.59 Å². The smallest absolute Gasteiger partial charge is 0.307 e. The molecule has 0 unspecified atom stereocenters. The molecule has 0 spiro atoms. The zero-order valence-corrected chi connectivity index (χ0v) is 9.61. The third-order valence-electron chi connectivity index (χ3n) is 2.59. The van der Waals surface area contributed by atoms with Gasteiger partial charge in [0.1, 0.15) is 5.58 Å². The van der Waals surface area contributed by atoms with Gasteiger partial charge in [-0.15, -0.1) is 0 Å². The quantitative estimate of drug-likeness (QED) is 0.826. The number of rotatable bonds is 3. The van der Waals surface area contributed by atoms with Crippen molar-refractivity contribution in [3.05, 3.63) is 35.1 Å². The number of hydrogen-bond acceptors (Lipinski definition) is 3. The fourth-order valence-electron chi connectivity index (χ4n) is 1.87. The van der Waals surface area contributed by atoms with Gasteiger partial charge in [0, 0.05) is 17.9 Å². The molecule has 0 aliphatic rings. The molecule has 0 aliphatic heterocycles. The molecule has 4 nitrogen and oxygen atoms in total. The van der Waals surface area contributed by atoms with Crippen molar-refractivity contribution < 1.29 is 19.1 Å². The molecule has 2 aromatic rings. The number of carbonyl (C=O) groups excluding carboxylic acids is 1. The van der Waals surface area contributed by atoms with Gasteiger partial charge in [-0.25, -0.2) is 0 Å². The van der Waals surface area contributed by atoms with Gasteiger partial charge in [-0.1, -0.05) is 11.6 Å². The van der Waals surface area contributed by atoms with Gasteiger partial charge >= 0.3 is 5.97 Å². The molecule has 1 aromatic carbocycles. The number of carbonyl (C=O) groups is 2. The van der Waals surface area contributed by atoms with Crippen molar-refractivity contribution in [1.82, 2.24) is 0 Å². The number of aliphatic carboxylic acids is 1. The van der Waals surface area contributed by atoms with Crippen molar-refractivity contribution in [1.29, 1.82) is 0 Å². The van der Waals surface area contributed by atoms with Gasteiger partial charge in [0.15, 0.2) is 11.5 Å². The molecule has 1 N–H and O–H groups in total. The summed E-state index contributed by atoms with van der Waals surface area (Å²) in [6.07, 6.45) is -0.203. The molecule has 1 aromatic heterocycles. The zero-order valence-electron chi connectivity index (χ0n) is 9.61. The van der Waals surface area contributed by atoms with Crippen LogP contribution in [0.15, 0.2) is 22.6 Å². The lowest BCUT2D eigenvalue weighted by Crippen LogP contribution is -2.04. The SMILES string of the molecule is CC(=O)c1oc2ccc(C)cc2c1CC(=O)O. The summed E-state index contributed by atoms with van der Waals surface area (Å²) in [6.45, 7) is 3.28. The molecule has 0 radical (unpaired) electrons. The average molecular weight is 232 g/mol. The van der Waals surface area contributed by atoms with Crippen molar-refractivity contribution in [2.75, 3.05) is 0 Å². The van der Waals surface area contributed by atoms with Crippen LogP contribution >= 0.6 is 0 Å². The predicted octanol–water partition coefficient (Wildman–Crippen LogP) is 2.57. The minimum absolute atomic E-state index is 0.146.